The molecule has 2 aromatic rings. The molecule has 7 nitrogen and oxygen atoms in total. The smallest absolute Gasteiger partial charge is 0.231 e. The third-order valence-corrected chi connectivity index (χ3v) is 5.51. The van der Waals surface area contributed by atoms with Crippen molar-refractivity contribution in [2.45, 2.75) is 10.8 Å². The van der Waals surface area contributed by atoms with E-state index in [4.69, 9.17) is 4.74 Å². The van der Waals surface area contributed by atoms with Gasteiger partial charge in [0, 0.05) is 18.7 Å². The zero-order valence-corrected chi connectivity index (χ0v) is 14.8. The number of aromatic nitrogens is 2. The molecular formula is C15H16N4O3S2. The van der Waals surface area contributed by atoms with E-state index in [1.165, 1.54) is 23.1 Å². The van der Waals surface area contributed by atoms with Crippen LogP contribution in [-0.4, -0.2) is 41.9 Å². The lowest BCUT2D eigenvalue weighted by Crippen LogP contribution is -2.28. The lowest BCUT2D eigenvalue weighted by molar-refractivity contribution is -0.122. The lowest BCUT2D eigenvalue weighted by atomic mass is 10.1. The van der Waals surface area contributed by atoms with Crippen LogP contribution in [0.25, 0.3) is 0 Å². The van der Waals surface area contributed by atoms with E-state index < -0.39 is 5.92 Å². The molecule has 1 aliphatic heterocycles. The van der Waals surface area contributed by atoms with E-state index in [1.54, 1.807) is 24.1 Å². The number of thioether (sulfide) groups is 1. The predicted octanol–water partition coefficient (Wildman–Crippen LogP) is 2.26. The Hall–Kier alpha value is -2.13. The summed E-state index contributed by atoms with van der Waals surface area (Å²) in [5.41, 5.74) is 0.761. The first kappa shape index (κ1) is 16.7. The van der Waals surface area contributed by atoms with Crippen LogP contribution in [-0.2, 0) is 9.59 Å². The van der Waals surface area contributed by atoms with Crippen LogP contribution in [0.4, 0.5) is 10.8 Å². The van der Waals surface area contributed by atoms with Gasteiger partial charge in [-0.3, -0.25) is 9.59 Å². The summed E-state index contributed by atoms with van der Waals surface area (Å²) in [6, 6.07) is 7.21. The molecule has 1 N–H and O–H groups in total. The molecule has 0 aliphatic carbocycles. The van der Waals surface area contributed by atoms with Crippen molar-refractivity contribution in [3.05, 3.63) is 24.3 Å². The average molecular weight is 364 g/mol. The van der Waals surface area contributed by atoms with E-state index in [9.17, 15) is 9.59 Å². The number of anilines is 2. The zero-order chi connectivity index (χ0) is 17.1. The van der Waals surface area contributed by atoms with E-state index in [-0.39, 0.29) is 18.2 Å². The highest BCUT2D eigenvalue weighted by molar-refractivity contribution is 8.00. The summed E-state index contributed by atoms with van der Waals surface area (Å²) < 4.78 is 5.90. The van der Waals surface area contributed by atoms with Crippen LogP contribution in [0.3, 0.4) is 0 Å². The molecule has 2 heterocycles. The van der Waals surface area contributed by atoms with E-state index >= 15 is 0 Å². The predicted molar refractivity (Wildman–Crippen MR) is 93.8 cm³/mol. The molecule has 0 unspecified atom stereocenters. The maximum absolute atomic E-state index is 12.4. The minimum absolute atomic E-state index is 0.0672. The van der Waals surface area contributed by atoms with Crippen LogP contribution < -0.4 is 15.0 Å². The van der Waals surface area contributed by atoms with Gasteiger partial charge in [-0.15, -0.1) is 10.2 Å². The second-order valence-electron chi connectivity index (χ2n) is 5.17. The number of amides is 2. The molecule has 1 aliphatic rings. The standard InChI is InChI=1S/C15H16N4O3S2/c1-22-11-5-3-10(4-6-11)19-8-9(7-12(19)20)13(21)16-14-17-18-15(23-2)24-14/h3-6,9H,7-8H2,1-2H3,(H,16,17,21)/t9-/m0/s1. The van der Waals surface area contributed by atoms with Gasteiger partial charge >= 0.3 is 0 Å². The quantitative estimate of drug-likeness (QED) is 0.647. The minimum atomic E-state index is -0.402. The van der Waals surface area contributed by atoms with Gasteiger partial charge in [-0.1, -0.05) is 23.1 Å². The Labute approximate surface area is 147 Å². The normalized spacial score (nSPS) is 17.2. The first-order chi connectivity index (χ1) is 11.6. The average Bonchev–Trinajstić information content (AvgIpc) is 3.21. The van der Waals surface area contributed by atoms with Gasteiger partial charge in [-0.25, -0.2) is 0 Å². The molecule has 1 fully saturated rings. The highest BCUT2D eigenvalue weighted by atomic mass is 32.2. The summed E-state index contributed by atoms with van der Waals surface area (Å²) >= 11 is 2.79. The van der Waals surface area contributed by atoms with Crippen LogP contribution in [0, 0.1) is 5.92 Å². The monoisotopic (exact) mass is 364 g/mol. The second kappa shape index (κ2) is 7.18. The van der Waals surface area contributed by atoms with Gasteiger partial charge < -0.3 is 15.0 Å². The van der Waals surface area contributed by atoms with Crippen LogP contribution >= 0.6 is 23.1 Å². The molecule has 0 saturated carbocycles. The van der Waals surface area contributed by atoms with Gasteiger partial charge in [0.15, 0.2) is 4.34 Å². The molecule has 1 aromatic carbocycles. The fraction of sp³-hybridized carbons (Fsp3) is 0.333. The third-order valence-electron chi connectivity index (χ3n) is 3.69. The molecule has 3 rings (SSSR count). The van der Waals surface area contributed by atoms with Gasteiger partial charge in [-0.2, -0.15) is 0 Å². The lowest BCUT2D eigenvalue weighted by Gasteiger charge is -2.16. The van der Waals surface area contributed by atoms with Crippen LogP contribution in [0.5, 0.6) is 5.75 Å². The number of methoxy groups -OCH3 is 1. The number of ether oxygens (including phenoxy) is 1. The SMILES string of the molecule is COc1ccc(N2C[C@@H](C(=O)Nc3nnc(SC)s3)CC2=O)cc1. The first-order valence-corrected chi connectivity index (χ1v) is 9.27. The molecule has 0 radical (unpaired) electrons. The Kier molecular flexibility index (Phi) is 5.00. The summed E-state index contributed by atoms with van der Waals surface area (Å²) in [5, 5.41) is 11.1. The van der Waals surface area contributed by atoms with E-state index in [1.807, 2.05) is 18.4 Å². The molecular weight excluding hydrogens is 348 g/mol. The molecule has 1 atom stereocenters. The number of hydrogen-bond donors (Lipinski definition) is 1. The van der Waals surface area contributed by atoms with Crippen molar-refractivity contribution in [3.8, 4) is 5.75 Å². The van der Waals surface area contributed by atoms with Crippen LogP contribution in [0.2, 0.25) is 0 Å². The molecule has 0 bridgehead atoms. The Bertz CT molecular complexity index is 747. The van der Waals surface area contributed by atoms with E-state index in [0.717, 1.165) is 15.8 Å². The van der Waals surface area contributed by atoms with E-state index in [2.05, 4.69) is 15.5 Å². The molecule has 1 aromatic heterocycles. The second-order valence-corrected chi connectivity index (χ2v) is 7.20. The Morgan fingerprint density at radius 1 is 1.38 bits per heavy atom. The van der Waals surface area contributed by atoms with Gasteiger partial charge in [0.25, 0.3) is 0 Å². The molecule has 0 spiro atoms. The summed E-state index contributed by atoms with van der Waals surface area (Å²) in [6.07, 6.45) is 2.08. The highest BCUT2D eigenvalue weighted by Crippen LogP contribution is 2.28. The van der Waals surface area contributed by atoms with Gasteiger partial charge in [0.05, 0.1) is 13.0 Å². The fourth-order valence-corrected chi connectivity index (χ4v) is 3.62. The summed E-state index contributed by atoms with van der Waals surface area (Å²) in [6.45, 7) is 0.352. The Balaban J connectivity index is 1.65. The third kappa shape index (κ3) is 3.51. The number of benzene rings is 1. The number of nitrogens with zero attached hydrogens (tertiary/aromatic N) is 3. The maximum Gasteiger partial charge on any atom is 0.231 e. The van der Waals surface area contributed by atoms with Crippen molar-refractivity contribution >= 4 is 45.7 Å². The van der Waals surface area contributed by atoms with Crippen molar-refractivity contribution < 1.29 is 14.3 Å². The Morgan fingerprint density at radius 3 is 2.75 bits per heavy atom. The van der Waals surface area contributed by atoms with Crippen molar-refractivity contribution in [3.63, 3.8) is 0 Å². The molecule has 1 saturated heterocycles. The summed E-state index contributed by atoms with van der Waals surface area (Å²) in [7, 11) is 1.59. The van der Waals surface area contributed by atoms with Crippen LogP contribution in [0.1, 0.15) is 6.42 Å². The number of carbonyl (C=O) groups excluding carboxylic acids is 2. The fourth-order valence-electron chi connectivity index (χ4n) is 2.45. The maximum atomic E-state index is 12.4. The number of hydrogen-bond acceptors (Lipinski definition) is 7. The minimum Gasteiger partial charge on any atom is -0.497 e. The topological polar surface area (TPSA) is 84.4 Å². The van der Waals surface area contributed by atoms with E-state index in [0.29, 0.717) is 11.7 Å². The molecule has 126 valence electrons. The number of nitrogens with one attached hydrogen (secondary N) is 1. The van der Waals surface area contributed by atoms with Gasteiger partial charge in [0.1, 0.15) is 5.75 Å². The number of carbonyl (C=O) groups is 2. The molecule has 24 heavy (non-hydrogen) atoms. The zero-order valence-electron chi connectivity index (χ0n) is 13.2. The molecule has 9 heteroatoms. The summed E-state index contributed by atoms with van der Waals surface area (Å²) in [4.78, 5) is 26.2. The van der Waals surface area contributed by atoms with Crippen molar-refractivity contribution in [2.75, 3.05) is 30.1 Å². The molecule has 2 amide bonds. The van der Waals surface area contributed by atoms with Gasteiger partial charge in [-0.05, 0) is 30.5 Å². The van der Waals surface area contributed by atoms with Gasteiger partial charge in [0.2, 0.25) is 16.9 Å². The van der Waals surface area contributed by atoms with Crippen molar-refractivity contribution in [2.24, 2.45) is 5.92 Å². The van der Waals surface area contributed by atoms with Crippen LogP contribution in [0.15, 0.2) is 28.6 Å². The van der Waals surface area contributed by atoms with Crippen molar-refractivity contribution in [1.82, 2.24) is 10.2 Å². The summed E-state index contributed by atoms with van der Waals surface area (Å²) in [5.74, 6) is 0.0485. The highest BCUT2D eigenvalue weighted by Gasteiger charge is 2.35. The first-order valence-electron chi connectivity index (χ1n) is 7.23. The number of rotatable bonds is 5. The Morgan fingerprint density at radius 2 is 2.12 bits per heavy atom. The largest absolute Gasteiger partial charge is 0.497 e. The van der Waals surface area contributed by atoms with Crippen molar-refractivity contribution in [1.29, 1.82) is 0 Å².